The first-order valence-electron chi connectivity index (χ1n) is 10.9. The Balaban J connectivity index is 1.53. The van der Waals surface area contributed by atoms with Crippen LogP contribution in [-0.2, 0) is 4.79 Å². The first-order chi connectivity index (χ1) is 14.1. The van der Waals surface area contributed by atoms with Gasteiger partial charge in [0.15, 0.2) is 11.5 Å². The highest BCUT2D eigenvalue weighted by Gasteiger charge is 2.24. The molecule has 0 bridgehead atoms. The predicted molar refractivity (Wildman–Crippen MR) is 112 cm³/mol. The number of carbonyl (C=O) groups excluding carboxylic acids is 2. The monoisotopic (exact) mass is 402 g/mol. The van der Waals surface area contributed by atoms with E-state index in [0.717, 1.165) is 25.3 Å². The second-order valence-electron chi connectivity index (χ2n) is 8.14. The summed E-state index contributed by atoms with van der Waals surface area (Å²) < 4.78 is 10.6. The molecule has 29 heavy (non-hydrogen) atoms. The smallest absolute Gasteiger partial charge is 0.254 e. The molecule has 1 aliphatic heterocycles. The van der Waals surface area contributed by atoms with E-state index in [0.29, 0.717) is 43.1 Å². The van der Waals surface area contributed by atoms with E-state index in [1.54, 1.807) is 32.4 Å². The molecule has 1 aromatic rings. The van der Waals surface area contributed by atoms with Crippen molar-refractivity contribution in [2.75, 3.05) is 40.4 Å². The van der Waals surface area contributed by atoms with Gasteiger partial charge in [-0.1, -0.05) is 32.1 Å². The van der Waals surface area contributed by atoms with Gasteiger partial charge in [-0.2, -0.15) is 0 Å². The Morgan fingerprint density at radius 3 is 2.31 bits per heavy atom. The maximum Gasteiger partial charge on any atom is 0.254 e. The first-order valence-corrected chi connectivity index (χ1v) is 10.9. The van der Waals surface area contributed by atoms with Crippen LogP contribution in [0.5, 0.6) is 11.5 Å². The molecule has 1 saturated heterocycles. The minimum absolute atomic E-state index is 0.0255. The first kappa shape index (κ1) is 21.5. The van der Waals surface area contributed by atoms with Crippen molar-refractivity contribution in [3.8, 4) is 11.5 Å². The van der Waals surface area contributed by atoms with E-state index < -0.39 is 0 Å². The number of carbonyl (C=O) groups is 2. The zero-order chi connectivity index (χ0) is 20.6. The number of hydrogen-bond donors (Lipinski definition) is 0. The Kier molecular flexibility index (Phi) is 7.78. The van der Waals surface area contributed by atoms with Crippen LogP contribution in [-0.4, -0.2) is 62.0 Å². The summed E-state index contributed by atoms with van der Waals surface area (Å²) in [5.41, 5.74) is 0.583. The van der Waals surface area contributed by atoms with Crippen molar-refractivity contribution >= 4 is 11.8 Å². The number of amides is 2. The average molecular weight is 403 g/mol. The molecule has 6 nitrogen and oxygen atoms in total. The molecule has 1 saturated carbocycles. The fraction of sp³-hybridized carbons (Fsp3) is 0.652. The molecule has 1 heterocycles. The van der Waals surface area contributed by atoms with E-state index in [4.69, 9.17) is 9.47 Å². The molecule has 0 atom stereocenters. The number of nitrogens with zero attached hydrogens (tertiary/aromatic N) is 2. The number of rotatable bonds is 6. The van der Waals surface area contributed by atoms with Gasteiger partial charge < -0.3 is 19.3 Å². The van der Waals surface area contributed by atoms with Gasteiger partial charge in [-0.3, -0.25) is 9.59 Å². The van der Waals surface area contributed by atoms with Crippen LogP contribution in [0.1, 0.15) is 61.7 Å². The summed E-state index contributed by atoms with van der Waals surface area (Å²) in [6.07, 6.45) is 9.01. The van der Waals surface area contributed by atoms with Crippen molar-refractivity contribution < 1.29 is 19.1 Å². The Morgan fingerprint density at radius 1 is 0.897 bits per heavy atom. The van der Waals surface area contributed by atoms with Gasteiger partial charge in [-0.15, -0.1) is 0 Å². The number of hydrogen-bond acceptors (Lipinski definition) is 4. The van der Waals surface area contributed by atoms with Gasteiger partial charge in [0.2, 0.25) is 5.91 Å². The summed E-state index contributed by atoms with van der Waals surface area (Å²) in [7, 11) is 3.14. The van der Waals surface area contributed by atoms with E-state index in [-0.39, 0.29) is 11.8 Å². The van der Waals surface area contributed by atoms with E-state index in [1.165, 1.54) is 32.1 Å². The summed E-state index contributed by atoms with van der Waals surface area (Å²) in [6, 6.07) is 5.24. The summed E-state index contributed by atoms with van der Waals surface area (Å²) >= 11 is 0. The molecule has 0 unspecified atom stereocenters. The molecular weight excluding hydrogens is 368 g/mol. The fourth-order valence-electron chi connectivity index (χ4n) is 4.48. The Morgan fingerprint density at radius 2 is 1.59 bits per heavy atom. The van der Waals surface area contributed by atoms with Crippen molar-refractivity contribution in [3.05, 3.63) is 23.8 Å². The summed E-state index contributed by atoms with van der Waals surface area (Å²) in [5, 5.41) is 0. The summed E-state index contributed by atoms with van der Waals surface area (Å²) in [4.78, 5) is 29.4. The SMILES string of the molecule is COc1ccc(C(=O)N2CCCN(C(=O)CCC3CCCCC3)CC2)cc1OC. The molecule has 0 N–H and O–H groups in total. The van der Waals surface area contributed by atoms with Crippen LogP contribution in [0.3, 0.4) is 0 Å². The van der Waals surface area contributed by atoms with Gasteiger partial charge in [0.05, 0.1) is 14.2 Å². The van der Waals surface area contributed by atoms with Gasteiger partial charge >= 0.3 is 0 Å². The quantitative estimate of drug-likeness (QED) is 0.727. The van der Waals surface area contributed by atoms with Gasteiger partial charge in [-0.25, -0.2) is 0 Å². The molecule has 0 radical (unpaired) electrons. The van der Waals surface area contributed by atoms with Crippen molar-refractivity contribution in [3.63, 3.8) is 0 Å². The Labute approximate surface area is 174 Å². The molecule has 2 amide bonds. The highest BCUT2D eigenvalue weighted by Crippen LogP contribution is 2.29. The van der Waals surface area contributed by atoms with Crippen molar-refractivity contribution in [1.82, 2.24) is 9.80 Å². The highest BCUT2D eigenvalue weighted by atomic mass is 16.5. The average Bonchev–Trinajstić information content (AvgIpc) is 3.03. The van der Waals surface area contributed by atoms with Crippen LogP contribution in [0.25, 0.3) is 0 Å². The van der Waals surface area contributed by atoms with Gasteiger partial charge in [-0.05, 0) is 37.0 Å². The Hall–Kier alpha value is -2.24. The summed E-state index contributed by atoms with van der Waals surface area (Å²) in [5.74, 6) is 2.10. The lowest BCUT2D eigenvalue weighted by molar-refractivity contribution is -0.131. The molecule has 3 rings (SSSR count). The third-order valence-electron chi connectivity index (χ3n) is 6.26. The van der Waals surface area contributed by atoms with E-state index in [2.05, 4.69) is 0 Å². The standard InChI is InChI=1S/C23H34N2O4/c1-28-20-11-10-19(17-21(20)29-2)23(27)25-14-6-13-24(15-16-25)22(26)12-9-18-7-4-3-5-8-18/h10-11,17-18H,3-9,12-16H2,1-2H3. The molecule has 1 aliphatic carbocycles. The molecule has 0 aromatic heterocycles. The minimum atomic E-state index is -0.0255. The van der Waals surface area contributed by atoms with Gasteiger partial charge in [0, 0.05) is 38.2 Å². The molecule has 6 heteroatoms. The maximum absolute atomic E-state index is 13.0. The second-order valence-corrected chi connectivity index (χ2v) is 8.14. The number of benzene rings is 1. The maximum atomic E-state index is 13.0. The molecule has 160 valence electrons. The highest BCUT2D eigenvalue weighted by molar-refractivity contribution is 5.95. The third kappa shape index (κ3) is 5.64. The molecular formula is C23H34N2O4. The lowest BCUT2D eigenvalue weighted by Crippen LogP contribution is -2.37. The molecule has 0 spiro atoms. The largest absolute Gasteiger partial charge is 0.493 e. The molecule has 2 fully saturated rings. The lowest BCUT2D eigenvalue weighted by atomic mass is 9.86. The second kappa shape index (κ2) is 10.5. The Bertz CT molecular complexity index is 700. The topological polar surface area (TPSA) is 59.1 Å². The van der Waals surface area contributed by atoms with Crippen LogP contribution in [0.15, 0.2) is 18.2 Å². The lowest BCUT2D eigenvalue weighted by Gasteiger charge is -2.25. The normalized spacial score (nSPS) is 18.3. The zero-order valence-electron chi connectivity index (χ0n) is 17.8. The van der Waals surface area contributed by atoms with Crippen molar-refractivity contribution in [2.45, 2.75) is 51.4 Å². The van der Waals surface area contributed by atoms with E-state index in [9.17, 15) is 9.59 Å². The van der Waals surface area contributed by atoms with Crippen LogP contribution >= 0.6 is 0 Å². The fourth-order valence-corrected chi connectivity index (χ4v) is 4.48. The molecule has 1 aromatic carbocycles. The van der Waals surface area contributed by atoms with Crippen molar-refractivity contribution in [1.29, 1.82) is 0 Å². The van der Waals surface area contributed by atoms with E-state index >= 15 is 0 Å². The third-order valence-corrected chi connectivity index (χ3v) is 6.26. The van der Waals surface area contributed by atoms with Gasteiger partial charge in [0.25, 0.3) is 5.91 Å². The number of methoxy groups -OCH3 is 2. The van der Waals surface area contributed by atoms with Crippen LogP contribution in [0.4, 0.5) is 0 Å². The number of ether oxygens (including phenoxy) is 2. The van der Waals surface area contributed by atoms with Crippen LogP contribution in [0, 0.1) is 5.92 Å². The summed E-state index contributed by atoms with van der Waals surface area (Å²) in [6.45, 7) is 2.59. The van der Waals surface area contributed by atoms with Crippen LogP contribution in [0.2, 0.25) is 0 Å². The van der Waals surface area contributed by atoms with Crippen LogP contribution < -0.4 is 9.47 Å². The predicted octanol–water partition coefficient (Wildman–Crippen LogP) is 3.74. The molecule has 2 aliphatic rings. The zero-order valence-corrected chi connectivity index (χ0v) is 17.8. The minimum Gasteiger partial charge on any atom is -0.493 e. The van der Waals surface area contributed by atoms with Crippen molar-refractivity contribution in [2.24, 2.45) is 5.92 Å². The van der Waals surface area contributed by atoms with Gasteiger partial charge in [0.1, 0.15) is 0 Å². The van der Waals surface area contributed by atoms with E-state index in [1.807, 2.05) is 9.80 Å².